The number of carbonyl (C=O) groups is 1. The Balaban J connectivity index is 1.91. The SMILES string of the molecule is CC1(CNC(=O)c2ccc(C#N)cn2)CCCNC1. The van der Waals surface area contributed by atoms with Gasteiger partial charge in [-0.2, -0.15) is 5.26 Å². The van der Waals surface area contributed by atoms with Gasteiger partial charge in [0.05, 0.1) is 5.56 Å². The van der Waals surface area contributed by atoms with Gasteiger partial charge in [-0.1, -0.05) is 6.92 Å². The van der Waals surface area contributed by atoms with Crippen LogP contribution in [0.25, 0.3) is 0 Å². The van der Waals surface area contributed by atoms with Crippen LogP contribution in [0.1, 0.15) is 35.8 Å². The molecule has 0 aromatic carbocycles. The summed E-state index contributed by atoms with van der Waals surface area (Å²) in [7, 11) is 0. The van der Waals surface area contributed by atoms with Crippen molar-refractivity contribution in [1.29, 1.82) is 5.26 Å². The van der Waals surface area contributed by atoms with Gasteiger partial charge in [0.25, 0.3) is 5.91 Å². The van der Waals surface area contributed by atoms with Crippen LogP contribution in [0, 0.1) is 16.7 Å². The van der Waals surface area contributed by atoms with Gasteiger partial charge in [0, 0.05) is 19.3 Å². The molecule has 1 aromatic heterocycles. The zero-order valence-corrected chi connectivity index (χ0v) is 11.1. The third-order valence-corrected chi connectivity index (χ3v) is 3.49. The van der Waals surface area contributed by atoms with Crippen molar-refractivity contribution < 1.29 is 4.79 Å². The Kier molecular flexibility index (Phi) is 4.13. The number of nitrogens with zero attached hydrogens (tertiary/aromatic N) is 2. The third-order valence-electron chi connectivity index (χ3n) is 3.49. The molecule has 2 heterocycles. The molecule has 1 unspecified atom stereocenters. The van der Waals surface area contributed by atoms with Crippen molar-refractivity contribution in [1.82, 2.24) is 15.6 Å². The highest BCUT2D eigenvalue weighted by Crippen LogP contribution is 2.24. The maximum Gasteiger partial charge on any atom is 0.269 e. The number of hydrogen-bond acceptors (Lipinski definition) is 4. The fourth-order valence-corrected chi connectivity index (χ4v) is 2.25. The Morgan fingerprint density at radius 1 is 1.63 bits per heavy atom. The number of piperidine rings is 1. The predicted octanol–water partition coefficient (Wildman–Crippen LogP) is 1.07. The molecular weight excluding hydrogens is 240 g/mol. The lowest BCUT2D eigenvalue weighted by molar-refractivity contribution is 0.0919. The summed E-state index contributed by atoms with van der Waals surface area (Å²) in [5.74, 6) is -0.184. The van der Waals surface area contributed by atoms with E-state index in [1.54, 1.807) is 12.1 Å². The molecular formula is C14H18N4O. The van der Waals surface area contributed by atoms with E-state index < -0.39 is 0 Å². The summed E-state index contributed by atoms with van der Waals surface area (Å²) in [5.41, 5.74) is 0.923. The van der Waals surface area contributed by atoms with E-state index in [4.69, 9.17) is 5.26 Å². The monoisotopic (exact) mass is 258 g/mol. The van der Waals surface area contributed by atoms with Crippen LogP contribution in [0.15, 0.2) is 18.3 Å². The Bertz CT molecular complexity index is 483. The normalized spacial score (nSPS) is 22.5. The zero-order valence-electron chi connectivity index (χ0n) is 11.1. The Labute approximate surface area is 113 Å². The summed E-state index contributed by atoms with van der Waals surface area (Å²) in [6.45, 7) is 4.79. The molecule has 1 fully saturated rings. The molecule has 1 amide bonds. The highest BCUT2D eigenvalue weighted by molar-refractivity contribution is 5.92. The summed E-state index contributed by atoms with van der Waals surface area (Å²) < 4.78 is 0. The Hall–Kier alpha value is -1.93. The van der Waals surface area contributed by atoms with Crippen molar-refractivity contribution in [2.45, 2.75) is 19.8 Å². The van der Waals surface area contributed by atoms with E-state index >= 15 is 0 Å². The van der Waals surface area contributed by atoms with Crippen molar-refractivity contribution in [2.24, 2.45) is 5.41 Å². The first-order valence-corrected chi connectivity index (χ1v) is 6.48. The van der Waals surface area contributed by atoms with Crippen molar-refractivity contribution in [2.75, 3.05) is 19.6 Å². The van der Waals surface area contributed by atoms with Crippen molar-refractivity contribution >= 4 is 5.91 Å². The van der Waals surface area contributed by atoms with Gasteiger partial charge < -0.3 is 10.6 Å². The van der Waals surface area contributed by atoms with E-state index in [-0.39, 0.29) is 11.3 Å². The fourth-order valence-electron chi connectivity index (χ4n) is 2.25. The molecule has 1 aromatic rings. The van der Waals surface area contributed by atoms with Gasteiger partial charge in [-0.05, 0) is 36.9 Å². The number of carbonyl (C=O) groups excluding carboxylic acids is 1. The van der Waals surface area contributed by atoms with Crippen molar-refractivity contribution in [3.63, 3.8) is 0 Å². The Morgan fingerprint density at radius 2 is 2.47 bits per heavy atom. The number of nitrogens with one attached hydrogen (secondary N) is 2. The molecule has 0 spiro atoms. The number of hydrogen-bond donors (Lipinski definition) is 2. The first-order valence-electron chi connectivity index (χ1n) is 6.48. The molecule has 5 heteroatoms. The molecule has 0 radical (unpaired) electrons. The molecule has 0 bridgehead atoms. The molecule has 1 saturated heterocycles. The molecule has 1 aliphatic heterocycles. The number of aromatic nitrogens is 1. The quantitative estimate of drug-likeness (QED) is 0.850. The van der Waals surface area contributed by atoms with Crippen LogP contribution in [0.4, 0.5) is 0 Å². The minimum absolute atomic E-state index is 0.112. The smallest absolute Gasteiger partial charge is 0.269 e. The largest absolute Gasteiger partial charge is 0.350 e. The van der Waals surface area contributed by atoms with Gasteiger partial charge in [-0.3, -0.25) is 4.79 Å². The topological polar surface area (TPSA) is 77.8 Å². The maximum absolute atomic E-state index is 12.0. The highest BCUT2D eigenvalue weighted by Gasteiger charge is 2.27. The average Bonchev–Trinajstić information content (AvgIpc) is 2.46. The van der Waals surface area contributed by atoms with E-state index in [0.717, 1.165) is 25.9 Å². The van der Waals surface area contributed by atoms with Crippen molar-refractivity contribution in [3.8, 4) is 6.07 Å². The fraction of sp³-hybridized carbons (Fsp3) is 0.500. The molecule has 5 nitrogen and oxygen atoms in total. The van der Waals surface area contributed by atoms with Gasteiger partial charge in [-0.25, -0.2) is 4.98 Å². The lowest BCUT2D eigenvalue weighted by atomic mass is 9.83. The lowest BCUT2D eigenvalue weighted by Gasteiger charge is -2.34. The molecule has 2 N–H and O–H groups in total. The van der Waals surface area contributed by atoms with Crippen LogP contribution in [-0.4, -0.2) is 30.5 Å². The average molecular weight is 258 g/mol. The third kappa shape index (κ3) is 3.52. The Morgan fingerprint density at radius 3 is 3.05 bits per heavy atom. The summed E-state index contributed by atoms with van der Waals surface area (Å²) in [4.78, 5) is 15.9. The molecule has 0 saturated carbocycles. The van der Waals surface area contributed by atoms with Crippen LogP contribution in [0.5, 0.6) is 0 Å². The van der Waals surface area contributed by atoms with Crippen LogP contribution in [0.2, 0.25) is 0 Å². The van der Waals surface area contributed by atoms with Crippen LogP contribution < -0.4 is 10.6 Å². The molecule has 100 valence electrons. The van der Waals surface area contributed by atoms with E-state index in [1.165, 1.54) is 6.20 Å². The van der Waals surface area contributed by atoms with Crippen molar-refractivity contribution in [3.05, 3.63) is 29.6 Å². The van der Waals surface area contributed by atoms with Crippen LogP contribution >= 0.6 is 0 Å². The minimum atomic E-state index is -0.184. The number of pyridine rings is 1. The second-order valence-corrected chi connectivity index (χ2v) is 5.32. The first kappa shape index (κ1) is 13.5. The second-order valence-electron chi connectivity index (χ2n) is 5.32. The van der Waals surface area contributed by atoms with E-state index in [0.29, 0.717) is 17.8 Å². The molecule has 1 atom stereocenters. The summed E-state index contributed by atoms with van der Waals surface area (Å²) in [5, 5.41) is 15.0. The van der Waals surface area contributed by atoms with Gasteiger partial charge in [0.1, 0.15) is 11.8 Å². The summed E-state index contributed by atoms with van der Waals surface area (Å²) in [6.07, 6.45) is 3.67. The molecule has 19 heavy (non-hydrogen) atoms. The van der Waals surface area contributed by atoms with E-state index in [2.05, 4.69) is 22.5 Å². The van der Waals surface area contributed by atoms with Gasteiger partial charge in [0.15, 0.2) is 0 Å². The van der Waals surface area contributed by atoms with Gasteiger partial charge in [0.2, 0.25) is 0 Å². The molecule has 1 aliphatic rings. The van der Waals surface area contributed by atoms with E-state index in [9.17, 15) is 4.79 Å². The van der Waals surface area contributed by atoms with Gasteiger partial charge >= 0.3 is 0 Å². The minimum Gasteiger partial charge on any atom is -0.350 e. The van der Waals surface area contributed by atoms with Crippen LogP contribution in [0.3, 0.4) is 0 Å². The number of nitriles is 1. The number of amides is 1. The number of rotatable bonds is 3. The summed E-state index contributed by atoms with van der Waals surface area (Å²) >= 11 is 0. The predicted molar refractivity (Wildman–Crippen MR) is 71.5 cm³/mol. The first-order chi connectivity index (χ1) is 9.13. The van der Waals surface area contributed by atoms with Crippen LogP contribution in [-0.2, 0) is 0 Å². The van der Waals surface area contributed by atoms with Gasteiger partial charge in [-0.15, -0.1) is 0 Å². The second kappa shape index (κ2) is 5.81. The highest BCUT2D eigenvalue weighted by atomic mass is 16.1. The zero-order chi connectivity index (χ0) is 13.7. The summed E-state index contributed by atoms with van der Waals surface area (Å²) in [6, 6.07) is 5.16. The van der Waals surface area contributed by atoms with E-state index in [1.807, 2.05) is 6.07 Å². The molecule has 0 aliphatic carbocycles. The maximum atomic E-state index is 12.0. The lowest BCUT2D eigenvalue weighted by Crippen LogP contribution is -2.45. The standard InChI is InChI=1S/C14H18N4O/c1-14(5-2-6-16-9-14)10-18-13(19)12-4-3-11(7-15)8-17-12/h3-4,8,16H,2,5-6,9-10H2,1H3,(H,18,19). The molecule has 2 rings (SSSR count).